The zero-order chi connectivity index (χ0) is 39.6. The van der Waals surface area contributed by atoms with E-state index in [0.717, 1.165) is 55.8 Å². The number of hydrogen-bond donors (Lipinski definition) is 0. The van der Waals surface area contributed by atoms with E-state index >= 15 is 0 Å². The van der Waals surface area contributed by atoms with Gasteiger partial charge in [0.15, 0.2) is 5.58 Å². The Morgan fingerprint density at radius 1 is 0.350 bits per heavy atom. The standard InChI is InChI=1S/C56H35N3O/c1-2-9-40-31-41(15-13-36(40)7-1)42-23-29-50-43(32-42)16-17-44-34-49(28-30-51(44)50)59(48-26-21-39(22-27-48)56-58-53-11-5-6-12-54(53)60-56)47-24-19-37(20-25-47)46-33-45-18-14-38-8-3-4-10-52(38)55(45)57-35-46/h1-35H. The van der Waals surface area contributed by atoms with Gasteiger partial charge in [-0.1, -0.05) is 127 Å². The summed E-state index contributed by atoms with van der Waals surface area (Å²) in [7, 11) is 0. The summed E-state index contributed by atoms with van der Waals surface area (Å²) >= 11 is 0. The lowest BCUT2D eigenvalue weighted by Crippen LogP contribution is -2.09. The summed E-state index contributed by atoms with van der Waals surface area (Å²) < 4.78 is 6.13. The van der Waals surface area contributed by atoms with Crippen molar-refractivity contribution in [3.05, 3.63) is 212 Å². The van der Waals surface area contributed by atoms with Crippen molar-refractivity contribution in [2.75, 3.05) is 4.90 Å². The van der Waals surface area contributed by atoms with E-state index in [4.69, 9.17) is 14.4 Å². The number of para-hydroxylation sites is 2. The molecule has 4 nitrogen and oxygen atoms in total. The fraction of sp³-hybridized carbons (Fsp3) is 0. The Morgan fingerprint density at radius 2 is 0.900 bits per heavy atom. The van der Waals surface area contributed by atoms with E-state index in [1.54, 1.807) is 0 Å². The molecule has 280 valence electrons. The topological polar surface area (TPSA) is 42.2 Å². The summed E-state index contributed by atoms with van der Waals surface area (Å²) in [5, 5.41) is 10.9. The molecule has 0 bridgehead atoms. The summed E-state index contributed by atoms with van der Waals surface area (Å²) in [6, 6.07) is 73.5. The predicted octanol–water partition coefficient (Wildman–Crippen LogP) is 15.5. The summed E-state index contributed by atoms with van der Waals surface area (Å²) in [5.41, 5.74) is 11.4. The molecule has 0 aliphatic rings. The molecule has 0 atom stereocenters. The average Bonchev–Trinajstić information content (AvgIpc) is 3.76. The quantitative estimate of drug-likeness (QED) is 0.158. The summed E-state index contributed by atoms with van der Waals surface area (Å²) in [6.07, 6.45) is 1.99. The number of hydrogen-bond acceptors (Lipinski definition) is 4. The summed E-state index contributed by atoms with van der Waals surface area (Å²) in [5.74, 6) is 0.608. The van der Waals surface area contributed by atoms with Gasteiger partial charge in [-0.15, -0.1) is 0 Å². The van der Waals surface area contributed by atoms with E-state index in [9.17, 15) is 0 Å². The van der Waals surface area contributed by atoms with Gasteiger partial charge in [0, 0.05) is 45.2 Å². The first kappa shape index (κ1) is 34.0. The second-order valence-electron chi connectivity index (χ2n) is 15.5. The fourth-order valence-corrected chi connectivity index (χ4v) is 8.77. The molecule has 0 fully saturated rings. The van der Waals surface area contributed by atoms with E-state index in [2.05, 4.69) is 187 Å². The molecule has 10 aromatic carbocycles. The van der Waals surface area contributed by atoms with Crippen molar-refractivity contribution < 1.29 is 4.42 Å². The molecule has 2 heterocycles. The molecule has 12 rings (SSSR count). The van der Waals surface area contributed by atoms with E-state index in [1.165, 1.54) is 54.2 Å². The van der Waals surface area contributed by atoms with Crippen molar-refractivity contribution in [3.8, 4) is 33.7 Å². The van der Waals surface area contributed by atoms with Crippen LogP contribution in [-0.2, 0) is 0 Å². The third kappa shape index (κ3) is 5.85. The first-order valence-electron chi connectivity index (χ1n) is 20.3. The third-order valence-corrected chi connectivity index (χ3v) is 11.9. The smallest absolute Gasteiger partial charge is 0.227 e. The molecular formula is C56H35N3O. The van der Waals surface area contributed by atoms with Crippen molar-refractivity contribution >= 4 is 82.2 Å². The second kappa shape index (κ2) is 13.8. The number of anilines is 3. The number of oxazole rings is 1. The van der Waals surface area contributed by atoms with Crippen LogP contribution in [0.25, 0.3) is 98.8 Å². The molecule has 0 aliphatic heterocycles. The molecule has 12 aromatic rings. The Morgan fingerprint density at radius 3 is 1.70 bits per heavy atom. The lowest BCUT2D eigenvalue weighted by Gasteiger charge is -2.26. The highest BCUT2D eigenvalue weighted by Gasteiger charge is 2.17. The van der Waals surface area contributed by atoms with Gasteiger partial charge < -0.3 is 9.32 Å². The molecule has 2 aromatic heterocycles. The van der Waals surface area contributed by atoms with Crippen LogP contribution in [0.15, 0.2) is 217 Å². The van der Waals surface area contributed by atoms with Crippen LogP contribution in [0.1, 0.15) is 0 Å². The van der Waals surface area contributed by atoms with Gasteiger partial charge >= 0.3 is 0 Å². The molecule has 0 aliphatic carbocycles. The van der Waals surface area contributed by atoms with Crippen molar-refractivity contribution in [2.45, 2.75) is 0 Å². The first-order valence-corrected chi connectivity index (χ1v) is 20.3. The first-order chi connectivity index (χ1) is 29.7. The lowest BCUT2D eigenvalue weighted by atomic mass is 9.96. The van der Waals surface area contributed by atoms with Crippen LogP contribution in [0.2, 0.25) is 0 Å². The lowest BCUT2D eigenvalue weighted by molar-refractivity contribution is 0.620. The minimum atomic E-state index is 0.608. The van der Waals surface area contributed by atoms with Crippen LogP contribution in [0, 0.1) is 0 Å². The SMILES string of the molecule is c1ccc2cc(-c3ccc4c(ccc5cc(N(c6ccc(-c7cnc8c(ccc9ccccc98)c7)cc6)c6ccc(-c7nc8ccccc8o7)cc6)ccc54)c3)ccc2c1. The highest BCUT2D eigenvalue weighted by Crippen LogP contribution is 2.40. The highest BCUT2D eigenvalue weighted by atomic mass is 16.3. The molecule has 0 unspecified atom stereocenters. The van der Waals surface area contributed by atoms with Crippen molar-refractivity contribution in [1.82, 2.24) is 9.97 Å². The second-order valence-corrected chi connectivity index (χ2v) is 15.5. The molecule has 0 N–H and O–H groups in total. The van der Waals surface area contributed by atoms with E-state index < -0.39 is 0 Å². The van der Waals surface area contributed by atoms with E-state index in [-0.39, 0.29) is 0 Å². The van der Waals surface area contributed by atoms with Crippen LogP contribution < -0.4 is 4.90 Å². The molecule has 0 amide bonds. The van der Waals surface area contributed by atoms with Crippen molar-refractivity contribution in [2.24, 2.45) is 0 Å². The molecule has 0 radical (unpaired) electrons. The maximum atomic E-state index is 6.13. The predicted molar refractivity (Wildman–Crippen MR) is 250 cm³/mol. The zero-order valence-corrected chi connectivity index (χ0v) is 32.5. The van der Waals surface area contributed by atoms with E-state index in [0.29, 0.717) is 5.89 Å². The number of rotatable bonds is 6. The Labute approximate surface area is 346 Å². The molecule has 0 saturated carbocycles. The normalized spacial score (nSPS) is 11.7. The Kier molecular flexibility index (Phi) is 7.82. The van der Waals surface area contributed by atoms with Crippen molar-refractivity contribution in [1.29, 1.82) is 0 Å². The molecule has 0 spiro atoms. The van der Waals surface area contributed by atoms with Crippen molar-refractivity contribution in [3.63, 3.8) is 0 Å². The number of benzene rings is 10. The Bertz CT molecular complexity index is 3570. The van der Waals surface area contributed by atoms with Gasteiger partial charge in [0.1, 0.15) is 5.52 Å². The van der Waals surface area contributed by atoms with Crippen LogP contribution in [-0.4, -0.2) is 9.97 Å². The van der Waals surface area contributed by atoms with Gasteiger partial charge in [-0.05, 0) is 133 Å². The van der Waals surface area contributed by atoms with Gasteiger partial charge in [-0.2, -0.15) is 0 Å². The number of nitrogens with zero attached hydrogens (tertiary/aromatic N) is 3. The largest absolute Gasteiger partial charge is 0.436 e. The highest BCUT2D eigenvalue weighted by molar-refractivity contribution is 6.10. The molecule has 0 saturated heterocycles. The minimum Gasteiger partial charge on any atom is -0.436 e. The maximum Gasteiger partial charge on any atom is 0.227 e. The van der Waals surface area contributed by atoms with Crippen LogP contribution in [0.3, 0.4) is 0 Å². The third-order valence-electron chi connectivity index (χ3n) is 11.9. The Hall–Kier alpha value is -8.08. The average molecular weight is 766 g/mol. The summed E-state index contributed by atoms with van der Waals surface area (Å²) in [4.78, 5) is 12.0. The maximum absolute atomic E-state index is 6.13. The van der Waals surface area contributed by atoms with Gasteiger partial charge in [0.25, 0.3) is 0 Å². The number of fused-ring (bicyclic) bond motifs is 8. The van der Waals surface area contributed by atoms with Gasteiger partial charge in [-0.25, -0.2) is 4.98 Å². The number of pyridine rings is 1. The van der Waals surface area contributed by atoms with Gasteiger partial charge in [0.2, 0.25) is 5.89 Å². The number of aromatic nitrogens is 2. The summed E-state index contributed by atoms with van der Waals surface area (Å²) in [6.45, 7) is 0. The monoisotopic (exact) mass is 765 g/mol. The molecular weight excluding hydrogens is 731 g/mol. The molecule has 60 heavy (non-hydrogen) atoms. The van der Waals surface area contributed by atoms with Crippen LogP contribution in [0.4, 0.5) is 17.1 Å². The van der Waals surface area contributed by atoms with E-state index in [1.807, 2.05) is 30.5 Å². The zero-order valence-electron chi connectivity index (χ0n) is 32.5. The Balaban J connectivity index is 0.928. The van der Waals surface area contributed by atoms with Gasteiger partial charge in [0.05, 0.1) is 5.52 Å². The van der Waals surface area contributed by atoms with Gasteiger partial charge in [-0.3, -0.25) is 4.98 Å². The minimum absolute atomic E-state index is 0.608. The fourth-order valence-electron chi connectivity index (χ4n) is 8.77. The van der Waals surface area contributed by atoms with Crippen LogP contribution >= 0.6 is 0 Å². The van der Waals surface area contributed by atoms with Crippen LogP contribution in [0.5, 0.6) is 0 Å². The molecule has 4 heteroatoms.